The highest BCUT2D eigenvalue weighted by molar-refractivity contribution is 6.30. The molecule has 5 heteroatoms. The van der Waals surface area contributed by atoms with Crippen LogP contribution < -0.4 is 10.6 Å². The van der Waals surface area contributed by atoms with Gasteiger partial charge >= 0.3 is 6.03 Å². The number of aryl methyl sites for hydroxylation is 1. The maximum atomic E-state index is 12.7. The molecule has 0 atom stereocenters. The van der Waals surface area contributed by atoms with Gasteiger partial charge in [-0.05, 0) is 54.8 Å². The second-order valence-corrected chi connectivity index (χ2v) is 5.05. The summed E-state index contributed by atoms with van der Waals surface area (Å²) in [5.74, 6) is -0.237. The molecule has 0 radical (unpaired) electrons. The Kier molecular flexibility index (Phi) is 5.58. The third-order valence-corrected chi connectivity index (χ3v) is 3.20. The van der Waals surface area contributed by atoms with Crippen molar-refractivity contribution in [3.05, 3.63) is 64.9 Å². The van der Waals surface area contributed by atoms with Crippen molar-refractivity contribution < 1.29 is 9.18 Å². The molecule has 0 spiro atoms. The average molecular weight is 307 g/mol. The molecule has 3 nitrogen and oxygen atoms in total. The Hall–Kier alpha value is -2.07. The van der Waals surface area contributed by atoms with E-state index in [0.29, 0.717) is 17.3 Å². The number of carbonyl (C=O) groups excluding carboxylic acids is 1. The zero-order chi connectivity index (χ0) is 15.1. The molecule has 0 aliphatic heterocycles. The molecule has 0 fully saturated rings. The Labute approximate surface area is 128 Å². The van der Waals surface area contributed by atoms with Crippen molar-refractivity contribution >= 4 is 23.3 Å². The smallest absolute Gasteiger partial charge is 0.319 e. The fourth-order valence-corrected chi connectivity index (χ4v) is 1.98. The van der Waals surface area contributed by atoms with Gasteiger partial charge < -0.3 is 10.6 Å². The van der Waals surface area contributed by atoms with Crippen molar-refractivity contribution in [3.63, 3.8) is 0 Å². The second kappa shape index (κ2) is 7.64. The van der Waals surface area contributed by atoms with Crippen LogP contribution in [0.2, 0.25) is 5.02 Å². The highest BCUT2D eigenvalue weighted by Gasteiger charge is 2.01. The lowest BCUT2D eigenvalue weighted by Gasteiger charge is -2.07. The monoisotopic (exact) mass is 306 g/mol. The van der Waals surface area contributed by atoms with Gasteiger partial charge in [0, 0.05) is 17.3 Å². The van der Waals surface area contributed by atoms with E-state index < -0.39 is 0 Å². The maximum absolute atomic E-state index is 12.7. The summed E-state index contributed by atoms with van der Waals surface area (Å²) in [6, 6.07) is 13.0. The van der Waals surface area contributed by atoms with Gasteiger partial charge in [-0.1, -0.05) is 23.7 Å². The predicted molar refractivity (Wildman–Crippen MR) is 83.2 cm³/mol. The molecule has 0 heterocycles. The van der Waals surface area contributed by atoms with Gasteiger partial charge in [-0.15, -0.1) is 0 Å². The number of hydrogen-bond acceptors (Lipinski definition) is 1. The maximum Gasteiger partial charge on any atom is 0.319 e. The minimum Gasteiger partial charge on any atom is -0.338 e. The number of nitrogens with one attached hydrogen (secondary N) is 2. The topological polar surface area (TPSA) is 41.1 Å². The highest BCUT2D eigenvalue weighted by Crippen LogP contribution is 2.13. The minimum absolute atomic E-state index is 0.237. The Morgan fingerprint density at radius 3 is 2.38 bits per heavy atom. The van der Waals surface area contributed by atoms with Crippen LogP contribution in [0.4, 0.5) is 14.9 Å². The summed E-state index contributed by atoms with van der Waals surface area (Å²) < 4.78 is 12.7. The Balaban J connectivity index is 1.67. The molecule has 0 saturated carbocycles. The summed E-state index contributed by atoms with van der Waals surface area (Å²) in [4.78, 5) is 11.6. The van der Waals surface area contributed by atoms with Gasteiger partial charge in [0.2, 0.25) is 0 Å². The summed E-state index contributed by atoms with van der Waals surface area (Å²) >= 11 is 5.77. The highest BCUT2D eigenvalue weighted by atomic mass is 35.5. The molecule has 0 bridgehead atoms. The van der Waals surface area contributed by atoms with E-state index in [-0.39, 0.29) is 11.8 Å². The standard InChI is InChI=1S/C16H16ClFN2O/c17-13-5-9-15(10-6-13)20-16(21)19-11-1-2-12-3-7-14(18)8-4-12/h3-10H,1-2,11H2,(H2,19,20,21). The number of rotatable bonds is 5. The molecule has 0 aliphatic rings. The largest absolute Gasteiger partial charge is 0.338 e. The molecular formula is C16H16ClFN2O. The van der Waals surface area contributed by atoms with Gasteiger partial charge in [0.25, 0.3) is 0 Å². The normalized spacial score (nSPS) is 10.2. The van der Waals surface area contributed by atoms with Crippen molar-refractivity contribution in [2.24, 2.45) is 0 Å². The molecule has 2 N–H and O–H groups in total. The summed E-state index contributed by atoms with van der Waals surface area (Å²) in [6.07, 6.45) is 1.58. The SMILES string of the molecule is O=C(NCCCc1ccc(F)cc1)Nc1ccc(Cl)cc1. The van der Waals surface area contributed by atoms with Crippen LogP contribution >= 0.6 is 11.6 Å². The van der Waals surface area contributed by atoms with E-state index in [1.807, 2.05) is 0 Å². The second-order valence-electron chi connectivity index (χ2n) is 4.62. The molecule has 2 aromatic rings. The van der Waals surface area contributed by atoms with E-state index in [1.165, 1.54) is 12.1 Å². The van der Waals surface area contributed by atoms with E-state index in [9.17, 15) is 9.18 Å². The minimum atomic E-state index is -0.253. The van der Waals surface area contributed by atoms with Gasteiger partial charge in [-0.25, -0.2) is 9.18 Å². The van der Waals surface area contributed by atoms with Gasteiger partial charge in [-0.2, -0.15) is 0 Å². The fourth-order valence-electron chi connectivity index (χ4n) is 1.85. The lowest BCUT2D eigenvalue weighted by Crippen LogP contribution is -2.29. The van der Waals surface area contributed by atoms with Crippen LogP contribution in [0.25, 0.3) is 0 Å². The molecule has 0 aliphatic carbocycles. The van der Waals surface area contributed by atoms with E-state index >= 15 is 0 Å². The van der Waals surface area contributed by atoms with Crippen LogP contribution in [-0.2, 0) is 6.42 Å². The lowest BCUT2D eigenvalue weighted by molar-refractivity contribution is 0.252. The molecule has 2 amide bonds. The quantitative estimate of drug-likeness (QED) is 0.797. The van der Waals surface area contributed by atoms with Crippen molar-refractivity contribution in [1.29, 1.82) is 0 Å². The first-order valence-corrected chi connectivity index (χ1v) is 7.06. The Morgan fingerprint density at radius 1 is 1.05 bits per heavy atom. The number of urea groups is 1. The lowest BCUT2D eigenvalue weighted by atomic mass is 10.1. The van der Waals surface area contributed by atoms with Crippen LogP contribution in [0.5, 0.6) is 0 Å². The summed E-state index contributed by atoms with van der Waals surface area (Å²) in [5, 5.41) is 6.11. The van der Waals surface area contributed by atoms with Crippen molar-refractivity contribution in [3.8, 4) is 0 Å². The van der Waals surface area contributed by atoms with Crippen molar-refractivity contribution in [2.75, 3.05) is 11.9 Å². The van der Waals surface area contributed by atoms with Crippen LogP contribution in [0.15, 0.2) is 48.5 Å². The number of amides is 2. The number of benzene rings is 2. The average Bonchev–Trinajstić information content (AvgIpc) is 2.48. The summed E-state index contributed by atoms with van der Waals surface area (Å²) in [7, 11) is 0. The van der Waals surface area contributed by atoms with Crippen molar-refractivity contribution in [2.45, 2.75) is 12.8 Å². The summed E-state index contributed by atoms with van der Waals surface area (Å²) in [6.45, 7) is 0.552. The third kappa shape index (κ3) is 5.44. The first-order valence-electron chi connectivity index (χ1n) is 6.68. The molecule has 110 valence electrons. The zero-order valence-corrected chi connectivity index (χ0v) is 12.2. The van der Waals surface area contributed by atoms with E-state index in [4.69, 9.17) is 11.6 Å². The Bertz CT molecular complexity index is 584. The van der Waals surface area contributed by atoms with E-state index in [1.54, 1.807) is 36.4 Å². The van der Waals surface area contributed by atoms with Gasteiger partial charge in [0.15, 0.2) is 0 Å². The van der Waals surface area contributed by atoms with E-state index in [0.717, 1.165) is 18.4 Å². The van der Waals surface area contributed by atoms with Crippen LogP contribution in [0, 0.1) is 5.82 Å². The first-order chi connectivity index (χ1) is 10.1. The summed E-state index contributed by atoms with van der Waals surface area (Å²) in [5.41, 5.74) is 1.74. The molecule has 2 aromatic carbocycles. The molecule has 21 heavy (non-hydrogen) atoms. The van der Waals surface area contributed by atoms with Crippen molar-refractivity contribution in [1.82, 2.24) is 5.32 Å². The van der Waals surface area contributed by atoms with Crippen LogP contribution in [-0.4, -0.2) is 12.6 Å². The number of carbonyl (C=O) groups is 1. The van der Waals surface area contributed by atoms with Gasteiger partial charge in [0.1, 0.15) is 5.82 Å². The van der Waals surface area contributed by atoms with E-state index in [2.05, 4.69) is 10.6 Å². The number of halogens is 2. The molecule has 0 saturated heterocycles. The Morgan fingerprint density at radius 2 is 1.71 bits per heavy atom. The predicted octanol–water partition coefficient (Wildman–Crippen LogP) is 4.23. The first kappa shape index (κ1) is 15.3. The van der Waals surface area contributed by atoms with Crippen LogP contribution in [0.1, 0.15) is 12.0 Å². The number of hydrogen-bond donors (Lipinski definition) is 2. The number of anilines is 1. The van der Waals surface area contributed by atoms with Gasteiger partial charge in [-0.3, -0.25) is 0 Å². The fraction of sp³-hybridized carbons (Fsp3) is 0.188. The third-order valence-electron chi connectivity index (χ3n) is 2.94. The van der Waals surface area contributed by atoms with Gasteiger partial charge in [0.05, 0.1) is 0 Å². The molecule has 0 aromatic heterocycles. The zero-order valence-electron chi connectivity index (χ0n) is 11.4. The molecular weight excluding hydrogens is 291 g/mol. The molecule has 0 unspecified atom stereocenters. The van der Waals surface area contributed by atoms with Crippen LogP contribution in [0.3, 0.4) is 0 Å². The molecule has 2 rings (SSSR count).